The molecule has 0 unspecified atom stereocenters. The molecule has 2 nitrogen and oxygen atoms in total. The summed E-state index contributed by atoms with van der Waals surface area (Å²) in [5.41, 5.74) is 0.548. The van der Waals surface area contributed by atoms with Crippen LogP contribution in [-0.2, 0) is 9.59 Å². The van der Waals surface area contributed by atoms with Gasteiger partial charge in [0.05, 0.1) is 5.57 Å². The average molecular weight is 164 g/mol. The molecule has 0 amide bonds. The van der Waals surface area contributed by atoms with Crippen LogP contribution in [-0.4, -0.2) is 12.1 Å². The van der Waals surface area contributed by atoms with Gasteiger partial charge in [-0.2, -0.15) is 0 Å². The maximum atomic E-state index is 11.5. The molecule has 0 aromatic heterocycles. The highest BCUT2D eigenvalue weighted by Crippen LogP contribution is 2.28. The Labute approximate surface area is 72.0 Å². The smallest absolute Gasteiger partial charge is 0.175 e. The Balaban J connectivity index is 3.19. The third kappa shape index (κ3) is 1.24. The highest BCUT2D eigenvalue weighted by Gasteiger charge is 2.30. The number of hydrogen-bond donors (Lipinski definition) is 0. The van der Waals surface area contributed by atoms with E-state index in [0.717, 1.165) is 5.57 Å². The summed E-state index contributed by atoms with van der Waals surface area (Å²) in [5, 5.41) is 0. The Hall–Kier alpha value is -1.18. The molecule has 0 saturated carbocycles. The molecule has 1 aliphatic carbocycles. The van der Waals surface area contributed by atoms with Crippen molar-refractivity contribution in [1.29, 1.82) is 0 Å². The van der Waals surface area contributed by atoms with Crippen molar-refractivity contribution in [3.05, 3.63) is 23.3 Å². The number of rotatable bonds is 1. The molecule has 0 saturated heterocycles. The van der Waals surface area contributed by atoms with Gasteiger partial charge in [0.2, 0.25) is 0 Å². The van der Waals surface area contributed by atoms with Gasteiger partial charge in [-0.05, 0) is 26.3 Å². The summed E-state index contributed by atoms with van der Waals surface area (Å²) in [5.74, 6) is -0.0856. The molecular weight excluding hydrogens is 152 g/mol. The largest absolute Gasteiger partial charge is 0.298 e. The van der Waals surface area contributed by atoms with Gasteiger partial charge in [-0.1, -0.05) is 12.2 Å². The van der Waals surface area contributed by atoms with Crippen LogP contribution in [0.25, 0.3) is 0 Å². The number of aldehydes is 1. The molecule has 0 heterocycles. The van der Waals surface area contributed by atoms with Crippen LogP contribution in [0.1, 0.15) is 20.8 Å². The fraction of sp³-hybridized carbons (Fsp3) is 0.400. The summed E-state index contributed by atoms with van der Waals surface area (Å²) in [7, 11) is 0. The second-order valence-electron chi connectivity index (χ2n) is 3.60. The molecular formula is C10H12O2. The van der Waals surface area contributed by atoms with Crippen LogP contribution in [0.2, 0.25) is 0 Å². The Morgan fingerprint density at radius 1 is 1.42 bits per heavy atom. The summed E-state index contributed by atoms with van der Waals surface area (Å²) in [6.07, 6.45) is 4.30. The van der Waals surface area contributed by atoms with Crippen LogP contribution in [0, 0.1) is 5.41 Å². The Bertz CT molecular complexity index is 293. The summed E-state index contributed by atoms with van der Waals surface area (Å²) in [4.78, 5) is 22.1. The van der Waals surface area contributed by atoms with Crippen LogP contribution < -0.4 is 0 Å². The number of carbonyl (C=O) groups excluding carboxylic acids is 2. The number of Topliss-reactive ketones (excluding diaryl/α,β-unsaturated/α-hetero) is 1. The van der Waals surface area contributed by atoms with Gasteiger partial charge in [-0.15, -0.1) is 0 Å². The van der Waals surface area contributed by atoms with Crippen LogP contribution in [0.3, 0.4) is 0 Å². The predicted octanol–water partition coefficient (Wildman–Crippen LogP) is 1.67. The lowest BCUT2D eigenvalue weighted by Crippen LogP contribution is -2.27. The van der Waals surface area contributed by atoms with E-state index in [0.29, 0.717) is 11.9 Å². The van der Waals surface area contributed by atoms with Crippen molar-refractivity contribution in [2.24, 2.45) is 5.41 Å². The van der Waals surface area contributed by atoms with Crippen LogP contribution in [0.4, 0.5) is 0 Å². The van der Waals surface area contributed by atoms with Crippen molar-refractivity contribution in [2.75, 3.05) is 0 Å². The summed E-state index contributed by atoms with van der Waals surface area (Å²) in [6.45, 7) is 5.39. The molecule has 0 N–H and O–H groups in total. The third-order valence-corrected chi connectivity index (χ3v) is 2.12. The summed E-state index contributed by atoms with van der Waals surface area (Å²) in [6, 6.07) is 0. The van der Waals surface area contributed by atoms with E-state index in [2.05, 4.69) is 0 Å². The molecule has 0 radical (unpaired) electrons. The molecule has 0 fully saturated rings. The monoisotopic (exact) mass is 164 g/mol. The molecule has 2 heteroatoms. The first-order valence-corrected chi connectivity index (χ1v) is 3.89. The number of allylic oxidation sites excluding steroid dienone is 4. The molecule has 12 heavy (non-hydrogen) atoms. The number of carbonyl (C=O) groups is 2. The quantitative estimate of drug-likeness (QED) is 0.436. The van der Waals surface area contributed by atoms with Gasteiger partial charge >= 0.3 is 0 Å². The van der Waals surface area contributed by atoms with Gasteiger partial charge in [0.1, 0.15) is 0 Å². The number of hydrogen-bond acceptors (Lipinski definition) is 2. The van der Waals surface area contributed by atoms with E-state index in [9.17, 15) is 9.59 Å². The van der Waals surface area contributed by atoms with Crippen molar-refractivity contribution in [3.8, 4) is 0 Å². The maximum absolute atomic E-state index is 11.5. The van der Waals surface area contributed by atoms with Crippen molar-refractivity contribution < 1.29 is 9.59 Å². The summed E-state index contributed by atoms with van der Waals surface area (Å²) >= 11 is 0. The van der Waals surface area contributed by atoms with Gasteiger partial charge < -0.3 is 0 Å². The second-order valence-corrected chi connectivity index (χ2v) is 3.60. The minimum atomic E-state index is -0.518. The maximum Gasteiger partial charge on any atom is 0.175 e. The third-order valence-electron chi connectivity index (χ3n) is 2.12. The van der Waals surface area contributed by atoms with E-state index < -0.39 is 5.41 Å². The highest BCUT2D eigenvalue weighted by atomic mass is 16.1. The lowest BCUT2D eigenvalue weighted by molar-refractivity contribution is -0.122. The zero-order chi connectivity index (χ0) is 9.35. The van der Waals surface area contributed by atoms with E-state index in [4.69, 9.17) is 0 Å². The van der Waals surface area contributed by atoms with Crippen LogP contribution in [0.5, 0.6) is 0 Å². The normalized spacial score (nSPS) is 21.4. The lowest BCUT2D eigenvalue weighted by Gasteiger charge is -2.22. The SMILES string of the molecule is CC1=C(C=O)C(=O)C(C)(C)C=C1. The molecule has 1 aliphatic rings. The highest BCUT2D eigenvalue weighted by molar-refractivity contribution is 6.16. The van der Waals surface area contributed by atoms with Crippen molar-refractivity contribution >= 4 is 12.1 Å². The van der Waals surface area contributed by atoms with Gasteiger partial charge in [-0.3, -0.25) is 9.59 Å². The van der Waals surface area contributed by atoms with Crippen molar-refractivity contribution in [1.82, 2.24) is 0 Å². The predicted molar refractivity (Wildman–Crippen MR) is 46.7 cm³/mol. The molecule has 0 aliphatic heterocycles. The van der Waals surface area contributed by atoms with Gasteiger partial charge in [0.15, 0.2) is 12.1 Å². The van der Waals surface area contributed by atoms with Gasteiger partial charge in [0.25, 0.3) is 0 Å². The fourth-order valence-electron chi connectivity index (χ4n) is 1.17. The summed E-state index contributed by atoms with van der Waals surface area (Å²) < 4.78 is 0. The van der Waals surface area contributed by atoms with E-state index in [1.165, 1.54) is 0 Å². The molecule has 0 atom stereocenters. The van der Waals surface area contributed by atoms with E-state index in [-0.39, 0.29) is 5.78 Å². The Morgan fingerprint density at radius 2 is 2.00 bits per heavy atom. The standard InChI is InChI=1S/C10H12O2/c1-7-4-5-10(2,3)9(12)8(7)6-11/h4-6H,1-3H3. The molecule has 0 spiro atoms. The first kappa shape index (κ1) is 8.91. The van der Waals surface area contributed by atoms with Gasteiger partial charge in [0, 0.05) is 5.41 Å². The zero-order valence-corrected chi connectivity index (χ0v) is 7.55. The molecule has 1 rings (SSSR count). The van der Waals surface area contributed by atoms with Crippen molar-refractivity contribution in [3.63, 3.8) is 0 Å². The number of ketones is 1. The first-order chi connectivity index (χ1) is 5.49. The molecule has 0 bridgehead atoms. The topological polar surface area (TPSA) is 34.1 Å². The molecule has 0 aromatic carbocycles. The fourth-order valence-corrected chi connectivity index (χ4v) is 1.17. The van der Waals surface area contributed by atoms with Crippen molar-refractivity contribution in [2.45, 2.75) is 20.8 Å². The minimum absolute atomic E-state index is 0.0856. The van der Waals surface area contributed by atoms with E-state index >= 15 is 0 Å². The first-order valence-electron chi connectivity index (χ1n) is 3.89. The van der Waals surface area contributed by atoms with E-state index in [1.807, 2.05) is 26.0 Å². The Morgan fingerprint density at radius 3 is 2.42 bits per heavy atom. The zero-order valence-electron chi connectivity index (χ0n) is 7.55. The molecule has 0 aromatic rings. The average Bonchev–Trinajstić information content (AvgIpc) is 2.00. The lowest BCUT2D eigenvalue weighted by atomic mass is 9.79. The van der Waals surface area contributed by atoms with E-state index in [1.54, 1.807) is 6.92 Å². The Kier molecular flexibility index (Phi) is 2.01. The second kappa shape index (κ2) is 2.70. The van der Waals surface area contributed by atoms with Gasteiger partial charge in [-0.25, -0.2) is 0 Å². The molecule has 64 valence electrons. The minimum Gasteiger partial charge on any atom is -0.298 e. The van der Waals surface area contributed by atoms with Crippen LogP contribution in [0.15, 0.2) is 23.3 Å². The van der Waals surface area contributed by atoms with Crippen LogP contribution >= 0.6 is 0 Å².